The molecule has 98 valence electrons. The molecule has 0 radical (unpaired) electrons. The van der Waals surface area contributed by atoms with E-state index in [9.17, 15) is 17.6 Å². The largest absolute Gasteiger partial charge is 0.407 e. The van der Waals surface area contributed by atoms with Crippen molar-refractivity contribution in [3.8, 4) is 0 Å². The Morgan fingerprint density at radius 3 is 2.65 bits per heavy atom. The molecule has 0 unspecified atom stereocenters. The van der Waals surface area contributed by atoms with Gasteiger partial charge in [0.15, 0.2) is 0 Å². The van der Waals surface area contributed by atoms with Gasteiger partial charge < -0.3 is 15.1 Å². The first-order valence-electron chi connectivity index (χ1n) is 4.88. The average molecular weight is 256 g/mol. The van der Waals surface area contributed by atoms with Crippen LogP contribution in [0.4, 0.5) is 23.6 Å². The van der Waals surface area contributed by atoms with Crippen LogP contribution in [0.2, 0.25) is 0 Å². The monoisotopic (exact) mass is 256 g/mol. The lowest BCUT2D eigenvalue weighted by atomic mass is 10.3. The van der Waals surface area contributed by atoms with Crippen LogP contribution < -0.4 is 10.6 Å². The average Bonchev–Trinajstić information content (AvgIpc) is 2.71. The zero-order valence-electron chi connectivity index (χ0n) is 9.01. The number of anilines is 1. The summed E-state index contributed by atoms with van der Waals surface area (Å²) in [6, 6.07) is -0.307. The molecule has 0 aliphatic rings. The van der Waals surface area contributed by atoms with Gasteiger partial charge >= 0.3 is 18.4 Å². The quantitative estimate of drug-likeness (QED) is 0.724. The molecule has 0 aromatic carbocycles. The number of rotatable bonds is 7. The van der Waals surface area contributed by atoms with Crippen molar-refractivity contribution < 1.29 is 22.0 Å². The second-order valence-electron chi connectivity index (χ2n) is 3.20. The van der Waals surface area contributed by atoms with Gasteiger partial charge in [0.25, 0.3) is 0 Å². The van der Waals surface area contributed by atoms with Gasteiger partial charge in [-0.05, 0) is 6.54 Å². The fourth-order valence-corrected chi connectivity index (χ4v) is 0.899. The zero-order valence-corrected chi connectivity index (χ0v) is 9.01. The van der Waals surface area contributed by atoms with Crippen LogP contribution in [0, 0.1) is 0 Å². The minimum atomic E-state index is -4.13. The van der Waals surface area contributed by atoms with E-state index in [4.69, 9.17) is 4.42 Å². The minimum Gasteiger partial charge on any atom is -0.407 e. The number of alkyl halides is 4. The number of nitrogens with zero attached hydrogens (tertiary/aromatic N) is 2. The smallest absolute Gasteiger partial charge is 0.324 e. The first-order chi connectivity index (χ1) is 7.95. The third kappa shape index (κ3) is 4.17. The Hall–Kier alpha value is -1.38. The summed E-state index contributed by atoms with van der Waals surface area (Å²) in [6.07, 6.45) is -3.74. The molecular formula is C8H12F4N4O. The molecule has 5 nitrogen and oxygen atoms in total. The maximum Gasteiger partial charge on any atom is 0.324 e. The van der Waals surface area contributed by atoms with Crippen molar-refractivity contribution >= 4 is 6.01 Å². The van der Waals surface area contributed by atoms with Gasteiger partial charge in [-0.15, -0.1) is 5.10 Å². The van der Waals surface area contributed by atoms with Gasteiger partial charge in [0.05, 0.1) is 13.1 Å². The third-order valence-electron chi connectivity index (χ3n) is 1.79. The van der Waals surface area contributed by atoms with Gasteiger partial charge in [0.1, 0.15) is 0 Å². The summed E-state index contributed by atoms with van der Waals surface area (Å²) in [4.78, 5) is 0. The number of halogens is 4. The molecule has 0 fully saturated rings. The maximum absolute atomic E-state index is 12.5. The highest BCUT2D eigenvalue weighted by atomic mass is 19.3. The second kappa shape index (κ2) is 5.80. The molecule has 9 heteroatoms. The van der Waals surface area contributed by atoms with Crippen molar-refractivity contribution in [1.82, 2.24) is 15.5 Å². The van der Waals surface area contributed by atoms with E-state index in [1.807, 2.05) is 12.2 Å². The fourth-order valence-electron chi connectivity index (χ4n) is 0.899. The molecule has 0 atom stereocenters. The Bertz CT molecular complexity index is 344. The maximum atomic E-state index is 12.5. The van der Waals surface area contributed by atoms with Crippen LogP contribution in [-0.4, -0.2) is 35.6 Å². The normalized spacial score (nSPS) is 12.1. The highest BCUT2D eigenvalue weighted by molar-refractivity contribution is 5.17. The summed E-state index contributed by atoms with van der Waals surface area (Å²) in [6.45, 7) is 1.57. The molecule has 0 spiro atoms. The predicted molar refractivity (Wildman–Crippen MR) is 51.1 cm³/mol. The van der Waals surface area contributed by atoms with Crippen LogP contribution in [-0.2, 0) is 6.54 Å². The van der Waals surface area contributed by atoms with E-state index in [-0.39, 0.29) is 18.5 Å². The van der Waals surface area contributed by atoms with E-state index in [1.54, 1.807) is 0 Å². The first kappa shape index (κ1) is 13.7. The molecule has 0 saturated heterocycles. The van der Waals surface area contributed by atoms with Crippen LogP contribution in [0.5, 0.6) is 0 Å². The fraction of sp³-hybridized carbons (Fsp3) is 0.750. The lowest BCUT2D eigenvalue weighted by molar-refractivity contribution is -0.117. The van der Waals surface area contributed by atoms with Gasteiger partial charge in [-0.2, -0.15) is 8.78 Å². The van der Waals surface area contributed by atoms with Crippen LogP contribution in [0.15, 0.2) is 4.42 Å². The second-order valence-corrected chi connectivity index (χ2v) is 3.20. The Kier molecular flexibility index (Phi) is 4.67. The van der Waals surface area contributed by atoms with Crippen molar-refractivity contribution in [3.63, 3.8) is 0 Å². The first-order valence-corrected chi connectivity index (χ1v) is 4.88. The Labute approximate surface area is 94.6 Å². The van der Waals surface area contributed by atoms with Crippen LogP contribution in [0.25, 0.3) is 0 Å². The van der Waals surface area contributed by atoms with Gasteiger partial charge in [-0.1, -0.05) is 12.0 Å². The molecule has 1 rings (SSSR count). The van der Waals surface area contributed by atoms with E-state index in [1.165, 1.54) is 0 Å². The molecule has 0 bridgehead atoms. The number of hydrogen-bond donors (Lipinski definition) is 2. The highest BCUT2D eigenvalue weighted by Gasteiger charge is 2.40. The molecule has 17 heavy (non-hydrogen) atoms. The van der Waals surface area contributed by atoms with Crippen molar-refractivity contribution in [2.24, 2.45) is 0 Å². The summed E-state index contributed by atoms with van der Waals surface area (Å²) in [7, 11) is 0. The van der Waals surface area contributed by atoms with E-state index in [0.29, 0.717) is 6.54 Å². The summed E-state index contributed by atoms with van der Waals surface area (Å²) in [5.41, 5.74) is 0. The summed E-state index contributed by atoms with van der Waals surface area (Å²) in [5, 5.41) is 11.8. The molecule has 0 aliphatic carbocycles. The molecule has 1 aromatic heterocycles. The predicted octanol–water partition coefficient (Wildman–Crippen LogP) is 1.49. The molecular weight excluding hydrogens is 244 g/mol. The number of nitrogens with one attached hydrogen (secondary N) is 2. The summed E-state index contributed by atoms with van der Waals surface area (Å²) < 4.78 is 53.6. The van der Waals surface area contributed by atoms with Crippen LogP contribution in [0.3, 0.4) is 0 Å². The molecule has 0 amide bonds. The Morgan fingerprint density at radius 2 is 2.06 bits per heavy atom. The molecule has 1 aromatic rings. The van der Waals surface area contributed by atoms with Crippen molar-refractivity contribution in [2.75, 3.05) is 18.4 Å². The van der Waals surface area contributed by atoms with Gasteiger partial charge in [0, 0.05) is 0 Å². The van der Waals surface area contributed by atoms with E-state index in [2.05, 4.69) is 15.5 Å². The Balaban J connectivity index is 2.44. The van der Waals surface area contributed by atoms with Gasteiger partial charge in [-0.3, -0.25) is 0 Å². The standard InChI is InChI=1S/C8H12F4N4O/c1-2-13-3-5-15-16-7(17-5)14-4-8(11,12)6(9)10/h6,13H,2-4H2,1H3,(H,14,16). The van der Waals surface area contributed by atoms with Crippen LogP contribution >= 0.6 is 0 Å². The van der Waals surface area contributed by atoms with Gasteiger partial charge in [0.2, 0.25) is 5.89 Å². The van der Waals surface area contributed by atoms with E-state index < -0.39 is 18.9 Å². The van der Waals surface area contributed by atoms with Gasteiger partial charge in [-0.25, -0.2) is 8.78 Å². The number of hydrogen-bond acceptors (Lipinski definition) is 5. The lowest BCUT2D eigenvalue weighted by Gasteiger charge is -2.14. The molecule has 0 aliphatic heterocycles. The SMILES string of the molecule is CCNCc1nnc(NCC(F)(F)C(F)F)o1. The molecule has 2 N–H and O–H groups in total. The lowest BCUT2D eigenvalue weighted by Crippen LogP contribution is -2.34. The minimum absolute atomic E-state index is 0.190. The van der Waals surface area contributed by atoms with Crippen molar-refractivity contribution in [2.45, 2.75) is 25.8 Å². The Morgan fingerprint density at radius 1 is 1.35 bits per heavy atom. The summed E-state index contributed by atoms with van der Waals surface area (Å²) in [5.74, 6) is -3.94. The van der Waals surface area contributed by atoms with E-state index >= 15 is 0 Å². The molecule has 1 heterocycles. The third-order valence-corrected chi connectivity index (χ3v) is 1.79. The zero-order chi connectivity index (χ0) is 12.9. The van der Waals surface area contributed by atoms with Crippen LogP contribution in [0.1, 0.15) is 12.8 Å². The summed E-state index contributed by atoms with van der Waals surface area (Å²) >= 11 is 0. The molecule has 0 saturated carbocycles. The van der Waals surface area contributed by atoms with Crippen molar-refractivity contribution in [1.29, 1.82) is 0 Å². The van der Waals surface area contributed by atoms with E-state index in [0.717, 1.165) is 0 Å². The van der Waals surface area contributed by atoms with Crippen molar-refractivity contribution in [3.05, 3.63) is 5.89 Å². The highest BCUT2D eigenvalue weighted by Crippen LogP contribution is 2.22. The number of aromatic nitrogens is 2. The topological polar surface area (TPSA) is 63.0 Å².